The number of alkyl halides is 1. The van der Waals surface area contributed by atoms with Crippen molar-refractivity contribution in [3.05, 3.63) is 38.9 Å². The highest BCUT2D eigenvalue weighted by Gasteiger charge is 2.15. The maximum absolute atomic E-state index is 10.8. The number of benzene rings is 1. The van der Waals surface area contributed by atoms with Crippen LogP contribution in [0, 0.1) is 17.0 Å². The van der Waals surface area contributed by atoms with E-state index in [2.05, 4.69) is 10.2 Å². The van der Waals surface area contributed by atoms with Crippen LogP contribution in [0.4, 0.5) is 5.69 Å². The molecule has 2 aromatic rings. The van der Waals surface area contributed by atoms with Crippen LogP contribution in [0.15, 0.2) is 18.2 Å². The second kappa shape index (κ2) is 4.99. The van der Waals surface area contributed by atoms with Crippen molar-refractivity contribution in [3.63, 3.8) is 0 Å². The van der Waals surface area contributed by atoms with Crippen molar-refractivity contribution >= 4 is 28.6 Å². The van der Waals surface area contributed by atoms with E-state index in [9.17, 15) is 10.1 Å². The van der Waals surface area contributed by atoms with Gasteiger partial charge in [0.15, 0.2) is 0 Å². The third-order valence-electron chi connectivity index (χ3n) is 2.44. The lowest BCUT2D eigenvalue weighted by molar-refractivity contribution is -0.384. The van der Waals surface area contributed by atoms with E-state index in [1.54, 1.807) is 6.07 Å². The first kappa shape index (κ1) is 12.9. The Balaban J connectivity index is 2.48. The van der Waals surface area contributed by atoms with Crippen LogP contribution < -0.4 is 0 Å². The van der Waals surface area contributed by atoms with Crippen LogP contribution in [0.1, 0.15) is 22.9 Å². The Kier molecular flexibility index (Phi) is 3.58. The molecule has 1 atom stereocenters. The van der Waals surface area contributed by atoms with Crippen molar-refractivity contribution in [1.29, 1.82) is 0 Å². The zero-order chi connectivity index (χ0) is 13.3. The van der Waals surface area contributed by atoms with E-state index < -0.39 is 4.92 Å². The molecule has 0 aliphatic carbocycles. The summed E-state index contributed by atoms with van der Waals surface area (Å²) >= 11 is 7.28. The van der Waals surface area contributed by atoms with Gasteiger partial charge in [0.2, 0.25) is 0 Å². The first-order valence-corrected chi connectivity index (χ1v) is 6.47. The van der Waals surface area contributed by atoms with Crippen molar-refractivity contribution in [2.75, 3.05) is 0 Å². The number of rotatable bonds is 3. The van der Waals surface area contributed by atoms with Gasteiger partial charge in [-0.15, -0.1) is 21.8 Å². The van der Waals surface area contributed by atoms with Gasteiger partial charge in [-0.2, -0.15) is 0 Å². The number of aromatic nitrogens is 2. The number of nitro groups is 1. The van der Waals surface area contributed by atoms with Crippen LogP contribution in [0.25, 0.3) is 10.6 Å². The molecule has 2 rings (SSSR count). The smallest absolute Gasteiger partial charge is 0.258 e. The van der Waals surface area contributed by atoms with Gasteiger partial charge in [-0.1, -0.05) is 17.4 Å². The number of nitro benzene ring substituents is 1. The van der Waals surface area contributed by atoms with E-state index in [1.165, 1.54) is 23.5 Å². The quantitative estimate of drug-likeness (QED) is 0.489. The molecule has 0 fully saturated rings. The first-order valence-electron chi connectivity index (χ1n) is 5.22. The fraction of sp³-hybridized carbons (Fsp3) is 0.273. The Morgan fingerprint density at radius 2 is 2.17 bits per heavy atom. The van der Waals surface area contributed by atoms with E-state index in [0.717, 1.165) is 11.1 Å². The molecule has 0 saturated heterocycles. The minimum atomic E-state index is -0.422. The summed E-state index contributed by atoms with van der Waals surface area (Å²) in [5.74, 6) is 0. The summed E-state index contributed by atoms with van der Waals surface area (Å²) < 4.78 is 0. The van der Waals surface area contributed by atoms with Gasteiger partial charge in [0, 0.05) is 17.7 Å². The lowest BCUT2D eigenvalue weighted by atomic mass is 10.1. The van der Waals surface area contributed by atoms with E-state index in [4.69, 9.17) is 11.6 Å². The van der Waals surface area contributed by atoms with Gasteiger partial charge in [-0.05, 0) is 19.4 Å². The van der Waals surface area contributed by atoms with Crippen molar-refractivity contribution in [1.82, 2.24) is 10.2 Å². The maximum atomic E-state index is 10.8. The maximum Gasteiger partial charge on any atom is 0.270 e. The topological polar surface area (TPSA) is 68.9 Å². The zero-order valence-electron chi connectivity index (χ0n) is 9.75. The van der Waals surface area contributed by atoms with Crippen LogP contribution in [0.3, 0.4) is 0 Å². The van der Waals surface area contributed by atoms with Crippen LogP contribution in [0.5, 0.6) is 0 Å². The van der Waals surface area contributed by atoms with Gasteiger partial charge in [0.05, 0.1) is 10.3 Å². The Bertz CT molecular complexity index is 598. The Hall–Kier alpha value is -1.53. The van der Waals surface area contributed by atoms with E-state index in [0.29, 0.717) is 10.0 Å². The molecule has 7 heteroatoms. The number of hydrogen-bond donors (Lipinski definition) is 0. The normalized spacial score (nSPS) is 12.4. The Morgan fingerprint density at radius 3 is 2.72 bits per heavy atom. The highest BCUT2D eigenvalue weighted by atomic mass is 35.5. The monoisotopic (exact) mass is 283 g/mol. The third-order valence-corrected chi connectivity index (χ3v) is 3.92. The summed E-state index contributed by atoms with van der Waals surface area (Å²) in [5.41, 5.74) is 1.70. The summed E-state index contributed by atoms with van der Waals surface area (Å²) in [5, 5.41) is 19.9. The number of aryl methyl sites for hydroxylation is 1. The average Bonchev–Trinajstić information content (AvgIpc) is 2.78. The average molecular weight is 284 g/mol. The molecule has 0 amide bonds. The van der Waals surface area contributed by atoms with E-state index in [1.807, 2.05) is 13.8 Å². The molecular weight excluding hydrogens is 274 g/mol. The van der Waals surface area contributed by atoms with Crippen LogP contribution in [-0.2, 0) is 0 Å². The minimum absolute atomic E-state index is 0.0475. The highest BCUT2D eigenvalue weighted by Crippen LogP contribution is 2.32. The molecule has 1 unspecified atom stereocenters. The fourth-order valence-corrected chi connectivity index (χ4v) is 2.49. The van der Waals surface area contributed by atoms with Crippen molar-refractivity contribution in [3.8, 4) is 10.6 Å². The molecule has 1 aromatic carbocycles. The second-order valence-corrected chi connectivity index (χ2v) is 5.48. The molecule has 1 aromatic heterocycles. The van der Waals surface area contributed by atoms with Gasteiger partial charge >= 0.3 is 0 Å². The minimum Gasteiger partial charge on any atom is -0.258 e. The molecule has 0 radical (unpaired) electrons. The van der Waals surface area contributed by atoms with Crippen LogP contribution in [-0.4, -0.2) is 15.1 Å². The SMILES string of the molecule is Cc1ccc([N+](=O)[O-])cc1-c1nnc(C(C)Cl)s1. The molecule has 0 aliphatic heterocycles. The molecular formula is C11H10ClN3O2S. The summed E-state index contributed by atoms with van der Waals surface area (Å²) in [7, 11) is 0. The molecule has 5 nitrogen and oxygen atoms in total. The number of halogens is 1. The predicted octanol–water partition coefficient (Wildman–Crippen LogP) is 3.72. The Labute approximate surface area is 113 Å². The van der Waals surface area contributed by atoms with E-state index in [-0.39, 0.29) is 11.1 Å². The molecule has 0 N–H and O–H groups in total. The van der Waals surface area contributed by atoms with Gasteiger partial charge < -0.3 is 0 Å². The van der Waals surface area contributed by atoms with Gasteiger partial charge in [-0.25, -0.2) is 0 Å². The summed E-state index contributed by atoms with van der Waals surface area (Å²) in [6, 6.07) is 4.70. The lowest BCUT2D eigenvalue weighted by Gasteiger charge is -2.01. The molecule has 0 spiro atoms. The van der Waals surface area contributed by atoms with Gasteiger partial charge in [-0.3, -0.25) is 10.1 Å². The summed E-state index contributed by atoms with van der Waals surface area (Å²) in [6.07, 6.45) is 0. The largest absolute Gasteiger partial charge is 0.270 e. The van der Waals surface area contributed by atoms with Crippen molar-refractivity contribution in [2.45, 2.75) is 19.2 Å². The fourth-order valence-electron chi connectivity index (χ4n) is 1.46. The summed E-state index contributed by atoms with van der Waals surface area (Å²) in [4.78, 5) is 10.3. The standard InChI is InChI=1S/C11H10ClN3O2S/c1-6-3-4-8(15(16)17)5-9(6)11-14-13-10(18-11)7(2)12/h3-5,7H,1-2H3. The molecule has 1 heterocycles. The number of non-ortho nitro benzene ring substituents is 1. The van der Waals surface area contributed by atoms with Crippen LogP contribution >= 0.6 is 22.9 Å². The van der Waals surface area contributed by atoms with Crippen LogP contribution in [0.2, 0.25) is 0 Å². The first-order chi connectivity index (χ1) is 8.49. The molecule has 94 valence electrons. The third kappa shape index (κ3) is 2.49. The zero-order valence-corrected chi connectivity index (χ0v) is 11.3. The van der Waals surface area contributed by atoms with E-state index >= 15 is 0 Å². The summed E-state index contributed by atoms with van der Waals surface area (Å²) in [6.45, 7) is 3.69. The van der Waals surface area contributed by atoms with Crippen molar-refractivity contribution in [2.24, 2.45) is 0 Å². The molecule has 0 aliphatic rings. The predicted molar refractivity (Wildman–Crippen MR) is 71.0 cm³/mol. The molecule has 0 bridgehead atoms. The second-order valence-electron chi connectivity index (χ2n) is 3.82. The van der Waals surface area contributed by atoms with Gasteiger partial charge in [0.25, 0.3) is 5.69 Å². The van der Waals surface area contributed by atoms with Gasteiger partial charge in [0.1, 0.15) is 10.0 Å². The molecule has 18 heavy (non-hydrogen) atoms. The molecule has 0 saturated carbocycles. The number of nitrogens with zero attached hydrogens (tertiary/aromatic N) is 3. The number of hydrogen-bond acceptors (Lipinski definition) is 5. The highest BCUT2D eigenvalue weighted by molar-refractivity contribution is 7.15. The van der Waals surface area contributed by atoms with Crippen molar-refractivity contribution < 1.29 is 4.92 Å². The lowest BCUT2D eigenvalue weighted by Crippen LogP contribution is -1.90. The Morgan fingerprint density at radius 1 is 1.44 bits per heavy atom.